The molecule has 2 fully saturated rings. The molecule has 2 aliphatic heterocycles. The maximum absolute atomic E-state index is 12.1. The third-order valence-electron chi connectivity index (χ3n) is 8.08. The van der Waals surface area contributed by atoms with Crippen LogP contribution < -0.4 is 4.74 Å². The van der Waals surface area contributed by atoms with Crippen LogP contribution in [0.3, 0.4) is 0 Å². The Morgan fingerprint density at radius 1 is 1.13 bits per heavy atom. The van der Waals surface area contributed by atoms with Crippen molar-refractivity contribution in [1.29, 1.82) is 0 Å². The van der Waals surface area contributed by atoms with Gasteiger partial charge in [-0.25, -0.2) is 0 Å². The zero-order valence-corrected chi connectivity index (χ0v) is 19.4. The molecular formula is C27H41NO3. The normalized spacial score (nSPS) is 25.7. The number of Topliss-reactive ketones (excluding diaryl/α,β-unsaturated/α-hetero) is 1. The number of aliphatic hydroxyl groups excluding tert-OH is 1. The molecule has 0 radical (unpaired) electrons. The number of nitrogens with zero attached hydrogens (tertiary/aromatic N) is 1. The number of hydrogen-bond donors (Lipinski definition) is 1. The van der Waals surface area contributed by atoms with E-state index in [0.717, 1.165) is 24.7 Å². The molecule has 0 amide bonds. The highest BCUT2D eigenvalue weighted by Gasteiger charge is 2.27. The zero-order valence-electron chi connectivity index (χ0n) is 19.4. The molecule has 1 aromatic carbocycles. The second kappa shape index (κ2) is 11.0. The van der Waals surface area contributed by atoms with Crippen LogP contribution in [0.4, 0.5) is 0 Å². The summed E-state index contributed by atoms with van der Waals surface area (Å²) in [5.41, 5.74) is 3.02. The number of ether oxygens (including phenoxy) is 1. The van der Waals surface area contributed by atoms with Gasteiger partial charge < -0.3 is 14.7 Å². The third kappa shape index (κ3) is 6.10. The van der Waals surface area contributed by atoms with E-state index in [-0.39, 0.29) is 5.78 Å². The van der Waals surface area contributed by atoms with Gasteiger partial charge in [0, 0.05) is 24.8 Å². The third-order valence-corrected chi connectivity index (χ3v) is 8.08. The minimum absolute atomic E-state index is 0.260. The van der Waals surface area contributed by atoms with Crippen molar-refractivity contribution in [1.82, 2.24) is 4.90 Å². The van der Waals surface area contributed by atoms with Gasteiger partial charge >= 0.3 is 0 Å². The molecule has 2 heterocycles. The van der Waals surface area contributed by atoms with Gasteiger partial charge in [0.15, 0.2) is 0 Å². The molecule has 0 aromatic heterocycles. The molecule has 1 aliphatic carbocycles. The fourth-order valence-corrected chi connectivity index (χ4v) is 6.00. The number of rotatable bonds is 9. The van der Waals surface area contributed by atoms with Crippen LogP contribution in [0, 0.1) is 11.8 Å². The SMILES string of the molecule is CC[C@@H](O)CC(=O)CC1CCC(CCN2CCC(c3cccc4c3CCO4)CC2)CC1. The van der Waals surface area contributed by atoms with E-state index in [9.17, 15) is 9.90 Å². The van der Waals surface area contributed by atoms with Crippen molar-refractivity contribution >= 4 is 5.78 Å². The predicted molar refractivity (Wildman–Crippen MR) is 125 cm³/mol. The summed E-state index contributed by atoms with van der Waals surface area (Å²) in [5, 5.41) is 9.68. The van der Waals surface area contributed by atoms with E-state index in [1.165, 1.54) is 70.1 Å². The first kappa shape index (κ1) is 22.8. The summed E-state index contributed by atoms with van der Waals surface area (Å²) in [6.07, 6.45) is 11.2. The number of likely N-dealkylation sites (tertiary alicyclic amines) is 1. The van der Waals surface area contributed by atoms with Gasteiger partial charge in [0.1, 0.15) is 11.5 Å². The molecular weight excluding hydrogens is 386 g/mol. The Kier molecular flexibility index (Phi) is 8.06. The number of carbonyl (C=O) groups excluding carboxylic acids is 1. The molecule has 1 atom stereocenters. The van der Waals surface area contributed by atoms with Crippen LogP contribution in [0.2, 0.25) is 0 Å². The first-order valence-corrected chi connectivity index (χ1v) is 12.8. The van der Waals surface area contributed by atoms with Crippen molar-refractivity contribution in [3.8, 4) is 5.75 Å². The Hall–Kier alpha value is -1.39. The van der Waals surface area contributed by atoms with Crippen molar-refractivity contribution in [2.75, 3.05) is 26.2 Å². The number of aliphatic hydroxyl groups is 1. The van der Waals surface area contributed by atoms with E-state index < -0.39 is 6.10 Å². The van der Waals surface area contributed by atoms with E-state index in [2.05, 4.69) is 23.1 Å². The maximum atomic E-state index is 12.1. The molecule has 4 heteroatoms. The monoisotopic (exact) mass is 427 g/mol. The van der Waals surface area contributed by atoms with Gasteiger partial charge in [0.25, 0.3) is 0 Å². The Labute approximate surface area is 188 Å². The van der Waals surface area contributed by atoms with Crippen LogP contribution in [0.25, 0.3) is 0 Å². The Morgan fingerprint density at radius 3 is 2.61 bits per heavy atom. The largest absolute Gasteiger partial charge is 0.493 e. The lowest BCUT2D eigenvalue weighted by Crippen LogP contribution is -2.35. The molecule has 4 nitrogen and oxygen atoms in total. The van der Waals surface area contributed by atoms with Crippen molar-refractivity contribution in [2.24, 2.45) is 11.8 Å². The molecule has 4 rings (SSSR count). The molecule has 0 unspecified atom stereocenters. The van der Waals surface area contributed by atoms with E-state index in [1.54, 1.807) is 5.56 Å². The van der Waals surface area contributed by atoms with Crippen LogP contribution in [-0.2, 0) is 11.2 Å². The second-order valence-electron chi connectivity index (χ2n) is 10.2. The highest BCUT2D eigenvalue weighted by molar-refractivity contribution is 5.79. The standard InChI is InChI=1S/C27H41NO3/c1-2-23(29)19-24(30)18-21-8-6-20(7-9-21)10-14-28-15-11-22(12-16-28)25-4-3-5-27-26(25)13-17-31-27/h3-5,20-23,29H,2,6-19H2,1H3/t20?,21?,23-/m1/s1. The fourth-order valence-electron chi connectivity index (χ4n) is 6.00. The number of piperidine rings is 1. The van der Waals surface area contributed by atoms with E-state index in [0.29, 0.717) is 31.1 Å². The van der Waals surface area contributed by atoms with E-state index in [1.807, 2.05) is 6.92 Å². The zero-order chi connectivity index (χ0) is 21.6. The summed E-state index contributed by atoms with van der Waals surface area (Å²) < 4.78 is 5.77. The first-order valence-electron chi connectivity index (χ1n) is 12.8. The smallest absolute Gasteiger partial charge is 0.135 e. The number of ketones is 1. The molecule has 1 N–H and O–H groups in total. The van der Waals surface area contributed by atoms with E-state index in [4.69, 9.17) is 4.74 Å². The lowest BCUT2D eigenvalue weighted by atomic mass is 9.78. The highest BCUT2D eigenvalue weighted by atomic mass is 16.5. The fraction of sp³-hybridized carbons (Fsp3) is 0.741. The molecule has 31 heavy (non-hydrogen) atoms. The van der Waals surface area contributed by atoms with Gasteiger partial charge in [-0.15, -0.1) is 0 Å². The van der Waals surface area contributed by atoms with Gasteiger partial charge in [-0.2, -0.15) is 0 Å². The minimum atomic E-state index is -0.441. The van der Waals surface area contributed by atoms with Crippen molar-refractivity contribution in [2.45, 2.75) is 89.6 Å². The average Bonchev–Trinajstić information content (AvgIpc) is 3.28. The maximum Gasteiger partial charge on any atom is 0.135 e. The number of carbonyl (C=O) groups is 1. The number of benzene rings is 1. The summed E-state index contributed by atoms with van der Waals surface area (Å²) in [5.74, 6) is 3.47. The molecule has 172 valence electrons. The summed E-state index contributed by atoms with van der Waals surface area (Å²) in [4.78, 5) is 14.8. The number of fused-ring (bicyclic) bond motifs is 1. The van der Waals surface area contributed by atoms with Gasteiger partial charge in [-0.3, -0.25) is 4.79 Å². The number of hydrogen-bond acceptors (Lipinski definition) is 4. The summed E-state index contributed by atoms with van der Waals surface area (Å²) in [7, 11) is 0. The lowest BCUT2D eigenvalue weighted by Gasteiger charge is -2.35. The molecule has 3 aliphatic rings. The summed E-state index contributed by atoms with van der Waals surface area (Å²) in [6, 6.07) is 6.63. The van der Waals surface area contributed by atoms with Gasteiger partial charge in [0.2, 0.25) is 0 Å². The molecule has 1 aromatic rings. The Morgan fingerprint density at radius 2 is 1.87 bits per heavy atom. The average molecular weight is 428 g/mol. The van der Waals surface area contributed by atoms with Crippen molar-refractivity contribution in [3.63, 3.8) is 0 Å². The Balaban J connectivity index is 1.14. The van der Waals surface area contributed by atoms with Crippen molar-refractivity contribution in [3.05, 3.63) is 29.3 Å². The predicted octanol–water partition coefficient (Wildman–Crippen LogP) is 5.12. The van der Waals surface area contributed by atoms with Crippen LogP contribution in [0.1, 0.15) is 88.2 Å². The minimum Gasteiger partial charge on any atom is -0.493 e. The van der Waals surface area contributed by atoms with Gasteiger partial charge in [0.05, 0.1) is 12.7 Å². The Bertz CT molecular complexity index is 717. The van der Waals surface area contributed by atoms with Gasteiger partial charge in [-0.05, 0) is 87.5 Å². The quantitative estimate of drug-likeness (QED) is 0.594. The molecule has 0 bridgehead atoms. The summed E-state index contributed by atoms with van der Waals surface area (Å²) in [6.45, 7) is 6.47. The van der Waals surface area contributed by atoms with Gasteiger partial charge in [-0.1, -0.05) is 31.9 Å². The summed E-state index contributed by atoms with van der Waals surface area (Å²) >= 11 is 0. The first-order chi connectivity index (χ1) is 15.1. The van der Waals surface area contributed by atoms with Crippen LogP contribution in [0.15, 0.2) is 18.2 Å². The lowest BCUT2D eigenvalue weighted by molar-refractivity contribution is -0.122. The topological polar surface area (TPSA) is 49.8 Å². The van der Waals surface area contributed by atoms with Crippen LogP contribution in [-0.4, -0.2) is 48.1 Å². The molecule has 0 spiro atoms. The van der Waals surface area contributed by atoms with E-state index >= 15 is 0 Å². The van der Waals surface area contributed by atoms with Crippen molar-refractivity contribution < 1.29 is 14.6 Å². The second-order valence-corrected chi connectivity index (χ2v) is 10.2. The molecule has 1 saturated heterocycles. The van der Waals surface area contributed by atoms with Crippen LogP contribution in [0.5, 0.6) is 5.75 Å². The highest BCUT2D eigenvalue weighted by Crippen LogP contribution is 2.38. The van der Waals surface area contributed by atoms with Crippen LogP contribution >= 0.6 is 0 Å². The molecule has 1 saturated carbocycles.